The topological polar surface area (TPSA) is 52.3 Å². The van der Waals surface area contributed by atoms with Crippen molar-refractivity contribution in [2.75, 3.05) is 6.61 Å². The van der Waals surface area contributed by atoms with Gasteiger partial charge >= 0.3 is 5.97 Å². The predicted molar refractivity (Wildman–Crippen MR) is 77.9 cm³/mol. The van der Waals surface area contributed by atoms with Crippen LogP contribution in [0.1, 0.15) is 55.3 Å². The summed E-state index contributed by atoms with van der Waals surface area (Å²) in [5.41, 5.74) is 8.33. The van der Waals surface area contributed by atoms with Crippen molar-refractivity contribution < 1.29 is 13.9 Å². The maximum Gasteiger partial charge on any atom is 0.305 e. The van der Waals surface area contributed by atoms with Crippen LogP contribution < -0.4 is 5.73 Å². The van der Waals surface area contributed by atoms with Gasteiger partial charge in [-0.05, 0) is 50.3 Å². The maximum atomic E-state index is 13.5. The molecule has 0 aliphatic heterocycles. The highest BCUT2D eigenvalue weighted by Crippen LogP contribution is 2.22. The summed E-state index contributed by atoms with van der Waals surface area (Å²) in [6.45, 7) is 5.72. The van der Waals surface area contributed by atoms with Crippen LogP contribution in [0.25, 0.3) is 0 Å². The Morgan fingerprint density at radius 2 is 1.90 bits per heavy atom. The molecule has 0 saturated carbocycles. The molecule has 0 spiro atoms. The van der Waals surface area contributed by atoms with E-state index in [-0.39, 0.29) is 17.8 Å². The molecular formula is C16H24FNO2. The Hall–Kier alpha value is -1.42. The van der Waals surface area contributed by atoms with Crippen LogP contribution >= 0.6 is 0 Å². The molecule has 0 heterocycles. The van der Waals surface area contributed by atoms with Crippen molar-refractivity contribution in [3.05, 3.63) is 34.6 Å². The van der Waals surface area contributed by atoms with Crippen LogP contribution in [0.2, 0.25) is 0 Å². The van der Waals surface area contributed by atoms with Crippen LogP contribution in [-0.4, -0.2) is 12.6 Å². The van der Waals surface area contributed by atoms with Gasteiger partial charge in [-0.15, -0.1) is 0 Å². The standard InChI is InChI=1S/C16H24FNO2/c1-4-20-15(19)8-6-5-7-14(18)13-9-11(2)16(17)12(3)10-13/h9-10,14H,4-8,18H2,1-3H3. The average molecular weight is 281 g/mol. The number of unbranched alkanes of at least 4 members (excludes halogenated alkanes) is 1. The van der Waals surface area contributed by atoms with E-state index >= 15 is 0 Å². The number of carbonyl (C=O) groups is 1. The molecule has 2 N–H and O–H groups in total. The smallest absolute Gasteiger partial charge is 0.305 e. The fourth-order valence-corrected chi connectivity index (χ4v) is 2.23. The molecule has 1 atom stereocenters. The zero-order chi connectivity index (χ0) is 15.1. The zero-order valence-corrected chi connectivity index (χ0v) is 12.5. The molecule has 0 amide bonds. The minimum absolute atomic E-state index is 0.116. The molecule has 4 heteroatoms. The van der Waals surface area contributed by atoms with Gasteiger partial charge in [-0.2, -0.15) is 0 Å². The van der Waals surface area contributed by atoms with Gasteiger partial charge in [-0.25, -0.2) is 4.39 Å². The second kappa shape index (κ2) is 8.00. The summed E-state index contributed by atoms with van der Waals surface area (Å²) in [5.74, 6) is -0.321. The second-order valence-corrected chi connectivity index (χ2v) is 5.13. The number of halogens is 1. The Balaban J connectivity index is 2.43. The minimum atomic E-state index is -0.164. The number of aryl methyl sites for hydroxylation is 2. The van der Waals surface area contributed by atoms with Gasteiger partial charge in [0, 0.05) is 12.5 Å². The summed E-state index contributed by atoms with van der Waals surface area (Å²) in [6.07, 6.45) is 2.84. The summed E-state index contributed by atoms with van der Waals surface area (Å²) in [6, 6.07) is 3.49. The lowest BCUT2D eigenvalue weighted by Gasteiger charge is -2.14. The van der Waals surface area contributed by atoms with Crippen LogP contribution in [0.4, 0.5) is 4.39 Å². The normalized spacial score (nSPS) is 12.2. The van der Waals surface area contributed by atoms with Gasteiger partial charge in [-0.3, -0.25) is 4.79 Å². The largest absolute Gasteiger partial charge is 0.466 e. The van der Waals surface area contributed by atoms with E-state index in [0.717, 1.165) is 24.8 Å². The van der Waals surface area contributed by atoms with E-state index in [1.807, 2.05) is 0 Å². The number of nitrogens with two attached hydrogens (primary N) is 1. The molecule has 0 saturated heterocycles. The molecule has 0 fully saturated rings. The number of benzene rings is 1. The minimum Gasteiger partial charge on any atom is -0.466 e. The lowest BCUT2D eigenvalue weighted by Crippen LogP contribution is -2.12. The number of esters is 1. The number of hydrogen-bond acceptors (Lipinski definition) is 3. The fourth-order valence-electron chi connectivity index (χ4n) is 2.23. The molecule has 0 aliphatic rings. The van der Waals surface area contributed by atoms with Crippen LogP contribution in [0.3, 0.4) is 0 Å². The fraction of sp³-hybridized carbons (Fsp3) is 0.562. The van der Waals surface area contributed by atoms with Crippen LogP contribution in [0.5, 0.6) is 0 Å². The van der Waals surface area contributed by atoms with Crippen molar-refractivity contribution in [1.29, 1.82) is 0 Å². The van der Waals surface area contributed by atoms with Crippen molar-refractivity contribution in [3.63, 3.8) is 0 Å². The molecule has 1 rings (SSSR count). The van der Waals surface area contributed by atoms with Gasteiger partial charge in [0.1, 0.15) is 5.82 Å². The summed E-state index contributed by atoms with van der Waals surface area (Å²) >= 11 is 0. The molecule has 0 aliphatic carbocycles. The Morgan fingerprint density at radius 3 is 2.45 bits per heavy atom. The van der Waals surface area contributed by atoms with Gasteiger partial charge in [0.15, 0.2) is 0 Å². The Kier molecular flexibility index (Phi) is 6.65. The number of rotatable bonds is 7. The highest BCUT2D eigenvalue weighted by atomic mass is 19.1. The average Bonchev–Trinajstić information content (AvgIpc) is 2.40. The van der Waals surface area contributed by atoms with Gasteiger partial charge in [0.05, 0.1) is 6.61 Å². The van der Waals surface area contributed by atoms with Crippen molar-refractivity contribution in [2.24, 2.45) is 5.73 Å². The van der Waals surface area contributed by atoms with Crippen molar-refractivity contribution >= 4 is 5.97 Å². The van der Waals surface area contributed by atoms with Crippen molar-refractivity contribution in [2.45, 2.75) is 52.5 Å². The third kappa shape index (κ3) is 4.93. The molecule has 0 radical (unpaired) electrons. The summed E-state index contributed by atoms with van der Waals surface area (Å²) < 4.78 is 18.4. The number of carbonyl (C=O) groups excluding carboxylic acids is 1. The molecule has 20 heavy (non-hydrogen) atoms. The third-order valence-corrected chi connectivity index (χ3v) is 3.34. The molecule has 1 unspecified atom stereocenters. The molecule has 1 aromatic rings. The molecule has 0 bridgehead atoms. The van der Waals surface area contributed by atoms with Crippen LogP contribution in [0, 0.1) is 19.7 Å². The Bertz CT molecular complexity index is 437. The first-order valence-electron chi connectivity index (χ1n) is 7.13. The molecule has 3 nitrogen and oxygen atoms in total. The monoisotopic (exact) mass is 281 g/mol. The molecule has 0 aromatic heterocycles. The van der Waals surface area contributed by atoms with Crippen molar-refractivity contribution in [3.8, 4) is 0 Å². The number of ether oxygens (including phenoxy) is 1. The van der Waals surface area contributed by atoms with Gasteiger partial charge < -0.3 is 10.5 Å². The lowest BCUT2D eigenvalue weighted by atomic mass is 9.97. The number of hydrogen-bond donors (Lipinski definition) is 1. The van der Waals surface area contributed by atoms with Crippen LogP contribution in [-0.2, 0) is 9.53 Å². The first-order valence-corrected chi connectivity index (χ1v) is 7.13. The molecule has 1 aromatic carbocycles. The van der Waals surface area contributed by atoms with E-state index in [0.29, 0.717) is 24.2 Å². The summed E-state index contributed by atoms with van der Waals surface area (Å²) in [7, 11) is 0. The lowest BCUT2D eigenvalue weighted by molar-refractivity contribution is -0.143. The van der Waals surface area contributed by atoms with E-state index in [1.165, 1.54) is 0 Å². The molecule has 112 valence electrons. The molecular weight excluding hydrogens is 257 g/mol. The van der Waals surface area contributed by atoms with E-state index in [2.05, 4.69) is 0 Å². The summed E-state index contributed by atoms with van der Waals surface area (Å²) in [5, 5.41) is 0. The van der Waals surface area contributed by atoms with Gasteiger partial charge in [0.25, 0.3) is 0 Å². The second-order valence-electron chi connectivity index (χ2n) is 5.13. The van der Waals surface area contributed by atoms with Gasteiger partial charge in [0.2, 0.25) is 0 Å². The quantitative estimate of drug-likeness (QED) is 0.614. The van der Waals surface area contributed by atoms with Crippen molar-refractivity contribution in [1.82, 2.24) is 0 Å². The maximum absolute atomic E-state index is 13.5. The van der Waals surface area contributed by atoms with E-state index in [9.17, 15) is 9.18 Å². The SMILES string of the molecule is CCOC(=O)CCCCC(N)c1cc(C)c(F)c(C)c1. The first-order chi connectivity index (χ1) is 9.45. The first kappa shape index (κ1) is 16.6. The highest BCUT2D eigenvalue weighted by Gasteiger charge is 2.11. The van der Waals surface area contributed by atoms with E-state index in [1.54, 1.807) is 32.9 Å². The van der Waals surface area contributed by atoms with E-state index in [4.69, 9.17) is 10.5 Å². The third-order valence-electron chi connectivity index (χ3n) is 3.34. The zero-order valence-electron chi connectivity index (χ0n) is 12.5. The van der Waals surface area contributed by atoms with Gasteiger partial charge in [-0.1, -0.05) is 18.6 Å². The highest BCUT2D eigenvalue weighted by molar-refractivity contribution is 5.69. The Morgan fingerprint density at radius 1 is 1.30 bits per heavy atom. The Labute approximate surface area is 120 Å². The summed E-state index contributed by atoms with van der Waals surface area (Å²) in [4.78, 5) is 11.2. The predicted octanol–water partition coefficient (Wildman–Crippen LogP) is 3.57. The van der Waals surface area contributed by atoms with Crippen LogP contribution in [0.15, 0.2) is 12.1 Å². The van der Waals surface area contributed by atoms with E-state index < -0.39 is 0 Å².